The number of sulfone groups is 1. The second kappa shape index (κ2) is 9.27. The highest BCUT2D eigenvalue weighted by atomic mass is 32.2. The summed E-state index contributed by atoms with van der Waals surface area (Å²) in [5, 5.41) is 3.03. The van der Waals surface area contributed by atoms with Gasteiger partial charge < -0.3 is 9.64 Å². The topological polar surface area (TPSA) is 76.6 Å². The molecule has 0 N–H and O–H groups in total. The van der Waals surface area contributed by atoms with Crippen LogP contribution in [0.25, 0.3) is 10.6 Å². The van der Waals surface area contributed by atoms with Gasteiger partial charge in [-0.05, 0) is 42.8 Å². The van der Waals surface area contributed by atoms with Crippen molar-refractivity contribution >= 4 is 32.8 Å². The number of hydrogen-bond acceptors (Lipinski definition) is 6. The molecule has 1 fully saturated rings. The van der Waals surface area contributed by atoms with Crippen LogP contribution in [0.1, 0.15) is 32.9 Å². The van der Waals surface area contributed by atoms with Crippen LogP contribution in [-0.2, 0) is 20.0 Å². The van der Waals surface area contributed by atoms with Gasteiger partial charge in [-0.1, -0.05) is 39.0 Å². The van der Waals surface area contributed by atoms with Gasteiger partial charge in [-0.2, -0.15) is 0 Å². The van der Waals surface area contributed by atoms with E-state index < -0.39 is 9.84 Å². The lowest BCUT2D eigenvalue weighted by molar-refractivity contribution is -0.121. The molecule has 1 amide bonds. The lowest BCUT2D eigenvalue weighted by Gasteiger charge is -2.28. The molecule has 0 unspecified atom stereocenters. The van der Waals surface area contributed by atoms with E-state index >= 15 is 0 Å². The first-order valence-electron chi connectivity index (χ1n) is 10.9. The molecular weight excluding hydrogens is 456 g/mol. The van der Waals surface area contributed by atoms with E-state index in [0.717, 1.165) is 16.3 Å². The molecule has 2 heterocycles. The van der Waals surface area contributed by atoms with Crippen LogP contribution in [0.4, 0.5) is 5.69 Å². The Morgan fingerprint density at radius 1 is 1.12 bits per heavy atom. The fourth-order valence-corrected chi connectivity index (χ4v) is 6.54. The van der Waals surface area contributed by atoms with Gasteiger partial charge in [0.1, 0.15) is 10.8 Å². The summed E-state index contributed by atoms with van der Waals surface area (Å²) in [6, 6.07) is 16.3. The Hall–Kier alpha value is -2.71. The fraction of sp³-hybridized carbons (Fsp3) is 0.360. The average Bonchev–Trinajstić information content (AvgIpc) is 3.41. The molecule has 1 aliphatic rings. The molecule has 0 bridgehead atoms. The lowest BCUT2D eigenvalue weighted by atomic mass is 9.93. The molecule has 0 saturated carbocycles. The number of rotatable bonds is 6. The number of carbonyl (C=O) groups is 1. The largest absolute Gasteiger partial charge is 0.484 e. The lowest BCUT2D eigenvalue weighted by Crippen LogP contribution is -2.43. The van der Waals surface area contributed by atoms with Gasteiger partial charge in [0.25, 0.3) is 5.91 Å². The summed E-state index contributed by atoms with van der Waals surface area (Å²) in [6.07, 6.45) is 0.433. The van der Waals surface area contributed by atoms with Crippen LogP contribution < -0.4 is 9.64 Å². The predicted octanol–water partition coefficient (Wildman–Crippen LogP) is 4.71. The van der Waals surface area contributed by atoms with Gasteiger partial charge in [-0.15, -0.1) is 11.3 Å². The minimum atomic E-state index is -3.13. The molecule has 3 aromatic rings. The van der Waals surface area contributed by atoms with Crippen molar-refractivity contribution in [2.24, 2.45) is 0 Å². The van der Waals surface area contributed by atoms with Crippen molar-refractivity contribution in [3.63, 3.8) is 0 Å². The molecule has 1 atom stereocenters. The van der Waals surface area contributed by atoms with Crippen LogP contribution in [0.15, 0.2) is 60.0 Å². The predicted molar refractivity (Wildman–Crippen MR) is 133 cm³/mol. The van der Waals surface area contributed by atoms with Crippen LogP contribution in [0.3, 0.4) is 0 Å². The monoisotopic (exact) mass is 484 g/mol. The van der Waals surface area contributed by atoms with Crippen molar-refractivity contribution in [2.75, 3.05) is 23.0 Å². The summed E-state index contributed by atoms with van der Waals surface area (Å²) in [5.74, 6) is 0.394. The van der Waals surface area contributed by atoms with E-state index in [9.17, 15) is 13.2 Å². The standard InChI is InChI=1S/C25H28N2O4S2/c1-25(2,3)22-16-32-24(26-22)18-9-11-21(12-10-18)31-15-23(28)27(19-7-5-4-6-8-19)20-13-14-33(29,30)17-20/h4-12,16,20H,13-15,17H2,1-3H3/t20-/m0/s1. The van der Waals surface area contributed by atoms with Crippen LogP contribution in [0.2, 0.25) is 0 Å². The number of amides is 1. The fourth-order valence-electron chi connectivity index (χ4n) is 3.79. The van der Waals surface area contributed by atoms with E-state index in [-0.39, 0.29) is 35.5 Å². The minimum Gasteiger partial charge on any atom is -0.484 e. The van der Waals surface area contributed by atoms with Gasteiger partial charge in [-0.25, -0.2) is 13.4 Å². The van der Waals surface area contributed by atoms with E-state index in [4.69, 9.17) is 9.72 Å². The SMILES string of the molecule is CC(C)(C)c1csc(-c2ccc(OCC(=O)N(c3ccccc3)[C@H]3CCS(=O)(=O)C3)cc2)n1. The third kappa shape index (κ3) is 5.62. The number of aromatic nitrogens is 1. The second-order valence-corrected chi connectivity index (χ2v) is 12.3. The van der Waals surface area contributed by atoms with Gasteiger partial charge in [0.05, 0.1) is 23.2 Å². The highest BCUT2D eigenvalue weighted by Crippen LogP contribution is 2.31. The van der Waals surface area contributed by atoms with Crippen molar-refractivity contribution in [2.45, 2.75) is 38.6 Å². The summed E-state index contributed by atoms with van der Waals surface area (Å²) in [6.45, 7) is 6.24. The Kier molecular flexibility index (Phi) is 6.59. The van der Waals surface area contributed by atoms with Crippen molar-refractivity contribution in [1.82, 2.24) is 4.98 Å². The molecule has 0 aliphatic carbocycles. The van der Waals surface area contributed by atoms with Gasteiger partial charge in [0.15, 0.2) is 16.4 Å². The van der Waals surface area contributed by atoms with Crippen LogP contribution >= 0.6 is 11.3 Å². The first-order chi connectivity index (χ1) is 15.6. The molecule has 2 aromatic carbocycles. The number of ether oxygens (including phenoxy) is 1. The van der Waals surface area contributed by atoms with Crippen LogP contribution in [0, 0.1) is 0 Å². The van der Waals surface area contributed by atoms with E-state index in [1.807, 2.05) is 54.6 Å². The molecule has 33 heavy (non-hydrogen) atoms. The normalized spacial score (nSPS) is 17.6. The van der Waals surface area contributed by atoms with Gasteiger partial charge in [0, 0.05) is 22.0 Å². The highest BCUT2D eigenvalue weighted by Gasteiger charge is 2.35. The molecule has 1 aromatic heterocycles. The maximum atomic E-state index is 13.1. The molecular formula is C25H28N2O4S2. The number of carbonyl (C=O) groups excluding carboxylic acids is 1. The Morgan fingerprint density at radius 3 is 2.39 bits per heavy atom. The van der Waals surface area contributed by atoms with Crippen molar-refractivity contribution < 1.29 is 17.9 Å². The zero-order chi connectivity index (χ0) is 23.6. The number of benzene rings is 2. The molecule has 174 valence electrons. The van der Waals surface area contributed by atoms with E-state index in [2.05, 4.69) is 26.2 Å². The summed E-state index contributed by atoms with van der Waals surface area (Å²) < 4.78 is 29.8. The van der Waals surface area contributed by atoms with E-state index in [1.54, 1.807) is 16.2 Å². The Morgan fingerprint density at radius 2 is 1.82 bits per heavy atom. The maximum absolute atomic E-state index is 13.1. The highest BCUT2D eigenvalue weighted by molar-refractivity contribution is 7.91. The number of anilines is 1. The second-order valence-electron chi connectivity index (χ2n) is 9.26. The third-order valence-corrected chi connectivity index (χ3v) is 8.25. The summed E-state index contributed by atoms with van der Waals surface area (Å²) in [7, 11) is -3.13. The molecule has 0 spiro atoms. The van der Waals surface area contributed by atoms with Crippen molar-refractivity contribution in [3.8, 4) is 16.3 Å². The zero-order valence-electron chi connectivity index (χ0n) is 19.0. The Balaban J connectivity index is 1.45. The summed E-state index contributed by atoms with van der Waals surface area (Å²) >= 11 is 1.61. The molecule has 1 aliphatic heterocycles. The number of nitrogens with zero attached hydrogens (tertiary/aromatic N) is 2. The van der Waals surface area contributed by atoms with Gasteiger partial charge in [-0.3, -0.25) is 4.79 Å². The Labute approximate surface area is 199 Å². The minimum absolute atomic E-state index is 0.00143. The molecule has 8 heteroatoms. The van der Waals surface area contributed by atoms with Gasteiger partial charge in [0.2, 0.25) is 0 Å². The number of hydrogen-bond donors (Lipinski definition) is 0. The zero-order valence-corrected chi connectivity index (χ0v) is 20.7. The number of para-hydroxylation sites is 1. The summed E-state index contributed by atoms with van der Waals surface area (Å²) in [4.78, 5) is 19.4. The molecule has 4 rings (SSSR count). The first-order valence-corrected chi connectivity index (χ1v) is 13.6. The molecule has 6 nitrogen and oxygen atoms in total. The van der Waals surface area contributed by atoms with Crippen molar-refractivity contribution in [3.05, 3.63) is 65.7 Å². The van der Waals surface area contributed by atoms with Crippen molar-refractivity contribution in [1.29, 1.82) is 0 Å². The number of thiazole rings is 1. The maximum Gasteiger partial charge on any atom is 0.265 e. The quantitative estimate of drug-likeness (QED) is 0.507. The summed E-state index contributed by atoms with van der Waals surface area (Å²) in [5.41, 5.74) is 2.74. The van der Waals surface area contributed by atoms with E-state index in [1.165, 1.54) is 0 Å². The third-order valence-electron chi connectivity index (χ3n) is 5.61. The molecule has 1 saturated heterocycles. The van der Waals surface area contributed by atoms with Crippen LogP contribution in [-0.4, -0.2) is 43.5 Å². The van der Waals surface area contributed by atoms with Crippen LogP contribution in [0.5, 0.6) is 5.75 Å². The Bertz CT molecular complexity index is 1210. The van der Waals surface area contributed by atoms with Gasteiger partial charge >= 0.3 is 0 Å². The van der Waals surface area contributed by atoms with E-state index in [0.29, 0.717) is 17.9 Å². The first kappa shape index (κ1) is 23.4. The molecule has 0 radical (unpaired) electrons. The average molecular weight is 485 g/mol. The smallest absolute Gasteiger partial charge is 0.265 e.